The Bertz CT molecular complexity index is 897. The van der Waals surface area contributed by atoms with Gasteiger partial charge in [0, 0.05) is 24.0 Å². The smallest absolute Gasteiger partial charge is 0.225 e. The van der Waals surface area contributed by atoms with Gasteiger partial charge in [0.2, 0.25) is 5.91 Å². The number of likely N-dealkylation sites (tertiary alicyclic amines) is 1. The maximum Gasteiger partial charge on any atom is 0.225 e. The second-order valence-electron chi connectivity index (χ2n) is 6.95. The molecule has 0 spiro atoms. The minimum absolute atomic E-state index is 0.0338. The third kappa shape index (κ3) is 3.99. The Morgan fingerprint density at radius 3 is 2.59 bits per heavy atom. The molecular formula is C21H21ClN2O3. The van der Waals surface area contributed by atoms with Crippen LogP contribution in [0.4, 0.5) is 0 Å². The summed E-state index contributed by atoms with van der Waals surface area (Å²) in [6, 6.07) is 14.7. The number of hydrogen-bond acceptors (Lipinski definition) is 4. The van der Waals surface area contributed by atoms with Crippen LogP contribution in [0.25, 0.3) is 11.1 Å². The molecule has 4 rings (SSSR count). The van der Waals surface area contributed by atoms with Crippen LogP contribution in [-0.2, 0) is 4.79 Å². The molecule has 1 saturated heterocycles. The normalized spacial score (nSPS) is 16.6. The van der Waals surface area contributed by atoms with Crippen LogP contribution in [0.2, 0.25) is 5.02 Å². The van der Waals surface area contributed by atoms with Crippen LogP contribution in [0.1, 0.15) is 42.7 Å². The van der Waals surface area contributed by atoms with E-state index in [0.29, 0.717) is 23.7 Å². The van der Waals surface area contributed by atoms with E-state index in [1.807, 2.05) is 29.2 Å². The van der Waals surface area contributed by atoms with Crippen molar-refractivity contribution >= 4 is 28.6 Å². The number of carbonyl (C=O) groups is 1. The molecule has 27 heavy (non-hydrogen) atoms. The molecule has 1 aliphatic heterocycles. The number of carbonyl (C=O) groups excluding carboxylic acids is 1. The highest BCUT2D eigenvalue weighted by molar-refractivity contribution is 6.30. The summed E-state index contributed by atoms with van der Waals surface area (Å²) < 4.78 is 5.87. The Labute approximate surface area is 162 Å². The van der Waals surface area contributed by atoms with E-state index in [1.54, 1.807) is 24.3 Å². The van der Waals surface area contributed by atoms with Gasteiger partial charge in [0.15, 0.2) is 11.5 Å². The van der Waals surface area contributed by atoms with Crippen LogP contribution < -0.4 is 0 Å². The third-order valence-corrected chi connectivity index (χ3v) is 5.38. The lowest BCUT2D eigenvalue weighted by Gasteiger charge is -2.31. The molecule has 2 aromatic carbocycles. The summed E-state index contributed by atoms with van der Waals surface area (Å²) in [4.78, 5) is 18.9. The molecule has 0 saturated carbocycles. The third-order valence-electron chi connectivity index (χ3n) is 5.13. The van der Waals surface area contributed by atoms with E-state index in [0.717, 1.165) is 29.8 Å². The van der Waals surface area contributed by atoms with E-state index < -0.39 is 6.10 Å². The van der Waals surface area contributed by atoms with Crippen LogP contribution in [0, 0.1) is 0 Å². The highest BCUT2D eigenvalue weighted by atomic mass is 35.5. The summed E-state index contributed by atoms with van der Waals surface area (Å²) >= 11 is 5.86. The zero-order valence-electron chi connectivity index (χ0n) is 14.8. The fourth-order valence-electron chi connectivity index (χ4n) is 3.54. The van der Waals surface area contributed by atoms with Gasteiger partial charge in [-0.1, -0.05) is 35.9 Å². The van der Waals surface area contributed by atoms with Gasteiger partial charge in [-0.15, -0.1) is 0 Å². The number of nitrogens with zero attached hydrogens (tertiary/aromatic N) is 2. The van der Waals surface area contributed by atoms with Crippen LogP contribution >= 0.6 is 11.6 Å². The number of para-hydroxylation sites is 2. The maximum absolute atomic E-state index is 12.5. The number of hydrogen-bond donors (Lipinski definition) is 1. The van der Waals surface area contributed by atoms with Crippen molar-refractivity contribution in [3.05, 3.63) is 65.0 Å². The topological polar surface area (TPSA) is 66.6 Å². The Kier molecular flexibility index (Phi) is 5.14. The van der Waals surface area contributed by atoms with Crippen molar-refractivity contribution in [3.8, 4) is 0 Å². The molecule has 5 nitrogen and oxygen atoms in total. The van der Waals surface area contributed by atoms with Gasteiger partial charge in [-0.3, -0.25) is 4.79 Å². The molecular weight excluding hydrogens is 364 g/mol. The van der Waals surface area contributed by atoms with Crippen molar-refractivity contribution in [1.29, 1.82) is 0 Å². The second kappa shape index (κ2) is 7.71. The lowest BCUT2D eigenvalue weighted by atomic mass is 9.96. The van der Waals surface area contributed by atoms with E-state index in [4.69, 9.17) is 16.0 Å². The molecule has 140 valence electrons. The molecule has 1 fully saturated rings. The van der Waals surface area contributed by atoms with Gasteiger partial charge in [-0.2, -0.15) is 0 Å². The molecule has 1 N–H and O–H groups in total. The molecule has 0 radical (unpaired) electrons. The Morgan fingerprint density at radius 1 is 1.19 bits per heavy atom. The zero-order valence-corrected chi connectivity index (χ0v) is 15.6. The predicted molar refractivity (Wildman–Crippen MR) is 104 cm³/mol. The molecule has 0 aliphatic carbocycles. The van der Waals surface area contributed by atoms with Crippen LogP contribution in [0.3, 0.4) is 0 Å². The first-order chi connectivity index (χ1) is 13.1. The number of aliphatic hydroxyl groups is 1. The minimum atomic E-state index is -0.815. The van der Waals surface area contributed by atoms with E-state index in [-0.39, 0.29) is 18.2 Å². The first-order valence-corrected chi connectivity index (χ1v) is 9.55. The van der Waals surface area contributed by atoms with Crippen molar-refractivity contribution in [1.82, 2.24) is 9.88 Å². The number of amides is 1. The summed E-state index contributed by atoms with van der Waals surface area (Å²) in [5.41, 5.74) is 2.38. The van der Waals surface area contributed by atoms with Crippen molar-refractivity contribution in [2.24, 2.45) is 0 Å². The number of aromatic nitrogens is 1. The Balaban J connectivity index is 1.34. The van der Waals surface area contributed by atoms with Gasteiger partial charge in [0.1, 0.15) is 5.52 Å². The van der Waals surface area contributed by atoms with E-state index in [1.165, 1.54) is 0 Å². The van der Waals surface area contributed by atoms with E-state index in [2.05, 4.69) is 4.98 Å². The molecule has 1 unspecified atom stereocenters. The van der Waals surface area contributed by atoms with Crippen LogP contribution in [0.15, 0.2) is 52.9 Å². The minimum Gasteiger partial charge on any atom is -0.440 e. The van der Waals surface area contributed by atoms with Crippen molar-refractivity contribution in [3.63, 3.8) is 0 Å². The van der Waals surface area contributed by atoms with Crippen molar-refractivity contribution < 1.29 is 14.3 Å². The Morgan fingerprint density at radius 2 is 1.89 bits per heavy atom. The van der Waals surface area contributed by atoms with Gasteiger partial charge >= 0.3 is 0 Å². The van der Waals surface area contributed by atoms with Crippen LogP contribution in [0.5, 0.6) is 0 Å². The lowest BCUT2D eigenvalue weighted by Crippen LogP contribution is -2.38. The van der Waals surface area contributed by atoms with E-state index in [9.17, 15) is 9.90 Å². The highest BCUT2D eigenvalue weighted by Gasteiger charge is 2.28. The summed E-state index contributed by atoms with van der Waals surface area (Å²) in [5.74, 6) is 0.945. The number of rotatable bonds is 4. The first-order valence-electron chi connectivity index (χ1n) is 9.17. The van der Waals surface area contributed by atoms with Crippen LogP contribution in [-0.4, -0.2) is 34.0 Å². The molecule has 6 heteroatoms. The molecule has 1 atom stereocenters. The number of piperidine rings is 1. The lowest BCUT2D eigenvalue weighted by molar-refractivity contribution is -0.134. The number of benzene rings is 2. The summed E-state index contributed by atoms with van der Waals surface area (Å²) in [6.45, 7) is 1.30. The van der Waals surface area contributed by atoms with Gasteiger partial charge < -0.3 is 14.4 Å². The summed E-state index contributed by atoms with van der Waals surface area (Å²) in [5, 5.41) is 10.9. The van der Waals surface area contributed by atoms with Gasteiger partial charge in [-0.25, -0.2) is 4.98 Å². The molecule has 0 bridgehead atoms. The first kappa shape index (κ1) is 18.0. The van der Waals surface area contributed by atoms with Crippen molar-refractivity contribution in [2.75, 3.05) is 13.1 Å². The largest absolute Gasteiger partial charge is 0.440 e. The molecule has 2 heterocycles. The quantitative estimate of drug-likeness (QED) is 0.727. The standard InChI is InChI=1S/C21H21ClN2O3/c22-16-7-5-14(6-8-16)18(25)13-20(26)24-11-9-15(10-12-24)21-23-17-3-1-2-4-19(17)27-21/h1-8,15,18,25H,9-13H2. The van der Waals surface area contributed by atoms with Gasteiger partial charge in [-0.05, 0) is 42.7 Å². The van der Waals surface area contributed by atoms with E-state index >= 15 is 0 Å². The van der Waals surface area contributed by atoms with Gasteiger partial charge in [0.25, 0.3) is 0 Å². The fraction of sp³-hybridized carbons (Fsp3) is 0.333. The number of fused-ring (bicyclic) bond motifs is 1. The SMILES string of the molecule is O=C(CC(O)c1ccc(Cl)cc1)N1CCC(c2nc3ccccc3o2)CC1. The number of halogens is 1. The van der Waals surface area contributed by atoms with Crippen molar-refractivity contribution in [2.45, 2.75) is 31.3 Å². The molecule has 1 aliphatic rings. The summed E-state index contributed by atoms with van der Waals surface area (Å²) in [7, 11) is 0. The molecule has 1 amide bonds. The maximum atomic E-state index is 12.5. The molecule has 1 aromatic heterocycles. The Hall–Kier alpha value is -2.37. The fourth-order valence-corrected chi connectivity index (χ4v) is 3.66. The average molecular weight is 385 g/mol. The summed E-state index contributed by atoms with van der Waals surface area (Å²) in [6.07, 6.45) is 0.893. The molecule has 3 aromatic rings. The zero-order chi connectivity index (χ0) is 18.8. The number of aliphatic hydroxyl groups excluding tert-OH is 1. The number of oxazole rings is 1. The van der Waals surface area contributed by atoms with Gasteiger partial charge in [0.05, 0.1) is 12.5 Å². The predicted octanol–water partition coefficient (Wildman–Crippen LogP) is 4.31. The monoisotopic (exact) mass is 384 g/mol. The second-order valence-corrected chi connectivity index (χ2v) is 7.38. The average Bonchev–Trinajstić information content (AvgIpc) is 3.13. The highest BCUT2D eigenvalue weighted by Crippen LogP contribution is 2.30.